The maximum atomic E-state index is 2.33. The second-order valence-corrected chi connectivity index (χ2v) is 13.3. The molecule has 0 amide bonds. The molecule has 0 spiro atoms. The summed E-state index contributed by atoms with van der Waals surface area (Å²) in [6.07, 6.45) is 0. The van der Waals surface area contributed by atoms with Crippen molar-refractivity contribution in [1.82, 2.24) is 0 Å². The van der Waals surface area contributed by atoms with Gasteiger partial charge < -0.3 is 0 Å². The van der Waals surface area contributed by atoms with Gasteiger partial charge in [-0.1, -0.05) is 0 Å². The van der Waals surface area contributed by atoms with Gasteiger partial charge in [0.1, 0.15) is 0 Å². The fourth-order valence-electron chi connectivity index (χ4n) is 0. The monoisotopic (exact) mass is 152 g/mol. The van der Waals surface area contributed by atoms with Crippen LogP contribution in [0, 0.1) is 0 Å². The van der Waals surface area contributed by atoms with Crippen LogP contribution in [-0.4, -0.2) is 11.0 Å². The number of hydrogen-bond donors (Lipinski definition) is 0. The number of hydrogen-bond acceptors (Lipinski definition) is 0. The van der Waals surface area contributed by atoms with Crippen LogP contribution in [0.5, 0.6) is 0 Å². The van der Waals surface area contributed by atoms with Gasteiger partial charge in [-0.25, -0.2) is 0 Å². The van der Waals surface area contributed by atoms with E-state index in [0.717, 1.165) is 0 Å². The third-order valence-electron chi connectivity index (χ3n) is 0. The van der Waals surface area contributed by atoms with Gasteiger partial charge in [0.15, 0.2) is 0 Å². The Morgan fingerprint density at radius 1 is 1.50 bits per heavy atom. The van der Waals surface area contributed by atoms with E-state index < -0.39 is 0 Å². The molecule has 0 atom stereocenters. The second kappa shape index (κ2) is 2.49. The van der Waals surface area contributed by atoms with Gasteiger partial charge in [0, 0.05) is 0 Å². The van der Waals surface area contributed by atoms with Crippen LogP contribution in [0.2, 0.25) is 11.5 Å². The first-order chi connectivity index (χ1) is 1.73. The predicted octanol–water partition coefficient (Wildman–Crippen LogP) is 0.784. The van der Waals surface area contributed by atoms with Crippen LogP contribution in [0.25, 0.3) is 0 Å². The summed E-state index contributed by atoms with van der Waals surface area (Å²) >= 11 is 2.33. The van der Waals surface area contributed by atoms with E-state index in [1.54, 1.807) is 0 Å². The van der Waals surface area contributed by atoms with Crippen LogP contribution in [-0.2, 0) is 17.6 Å². The molecule has 0 fully saturated rings. The Bertz CT molecular complexity index is 29.0. The minimum absolute atomic E-state index is 0.333. The minimum atomic E-state index is -0.333. The summed E-state index contributed by atoms with van der Waals surface area (Å²) < 4.78 is 0. The van der Waals surface area contributed by atoms with E-state index in [2.05, 4.69) is 29.1 Å². The van der Waals surface area contributed by atoms with Gasteiger partial charge in [-0.05, 0) is 0 Å². The van der Waals surface area contributed by atoms with Crippen LogP contribution < -0.4 is 0 Å². The molecule has 0 aliphatic carbocycles. The third kappa shape index (κ3) is 10.5. The maximum absolute atomic E-state index is 2.33. The first kappa shape index (κ1) is 5.26. The molecular weight excluding hydrogens is 144 g/mol. The van der Waals surface area contributed by atoms with Crippen LogP contribution in [0.1, 0.15) is 0 Å². The molecule has 0 saturated heterocycles. The van der Waals surface area contributed by atoms with Crippen molar-refractivity contribution in [3.63, 3.8) is 0 Å². The van der Waals surface area contributed by atoms with E-state index in [-0.39, 0.29) is 11.0 Å². The third-order valence-corrected chi connectivity index (χ3v) is 0. The molecule has 0 saturated carbocycles. The molecule has 0 heterocycles. The van der Waals surface area contributed by atoms with Crippen molar-refractivity contribution < 1.29 is 17.6 Å². The summed E-state index contributed by atoms with van der Waals surface area (Å²) in [5, 5.41) is 0. The van der Waals surface area contributed by atoms with Gasteiger partial charge >= 0.3 is 40.1 Å². The topological polar surface area (TPSA) is 0 Å². The van der Waals surface area contributed by atoms with E-state index >= 15 is 0 Å². The molecule has 0 bridgehead atoms. The fourth-order valence-corrected chi connectivity index (χ4v) is 0. The first-order valence-electron chi connectivity index (χ1n) is 1.25. The van der Waals surface area contributed by atoms with Crippen molar-refractivity contribution in [2.24, 2.45) is 0 Å². The molecule has 0 aliphatic rings. The molecular formula is C2H6GeTi+2. The Morgan fingerprint density at radius 2 is 1.50 bits per heavy atom. The van der Waals surface area contributed by atoms with Crippen molar-refractivity contribution in [2.45, 2.75) is 11.5 Å². The Morgan fingerprint density at radius 3 is 1.50 bits per heavy atom. The Balaban J connectivity index is 2.80. The Hall–Kier alpha value is 1.26. The van der Waals surface area contributed by atoms with E-state index in [1.165, 1.54) is 0 Å². The molecule has 20 valence electrons. The fraction of sp³-hybridized carbons (Fsp3) is 1.00. The van der Waals surface area contributed by atoms with Crippen LogP contribution in [0.15, 0.2) is 0 Å². The van der Waals surface area contributed by atoms with Crippen molar-refractivity contribution in [1.29, 1.82) is 0 Å². The van der Waals surface area contributed by atoms with E-state index in [1.807, 2.05) is 0 Å². The Labute approximate surface area is 40.1 Å². The summed E-state index contributed by atoms with van der Waals surface area (Å²) in [6, 6.07) is 0. The zero-order valence-corrected chi connectivity index (χ0v) is 6.66. The summed E-state index contributed by atoms with van der Waals surface area (Å²) in [4.78, 5) is 0. The van der Waals surface area contributed by atoms with Gasteiger partial charge in [-0.15, -0.1) is 0 Å². The molecule has 0 radical (unpaired) electrons. The van der Waals surface area contributed by atoms with E-state index in [4.69, 9.17) is 0 Å². The predicted molar refractivity (Wildman–Crippen MR) is 17.5 cm³/mol. The van der Waals surface area contributed by atoms with Gasteiger partial charge in [-0.2, -0.15) is 0 Å². The van der Waals surface area contributed by atoms with Crippen molar-refractivity contribution in [3.8, 4) is 0 Å². The zero-order chi connectivity index (χ0) is 3.58. The summed E-state index contributed by atoms with van der Waals surface area (Å²) in [7, 11) is -0.333. The molecule has 0 rings (SSSR count). The number of rotatable bonds is 0. The molecule has 0 nitrogen and oxygen atoms in total. The normalized spacial score (nSPS) is 7.00. The molecule has 0 aromatic carbocycles. The zero-order valence-electron chi connectivity index (χ0n) is 3.00. The molecule has 0 aromatic rings. The van der Waals surface area contributed by atoms with E-state index in [9.17, 15) is 0 Å². The van der Waals surface area contributed by atoms with Crippen LogP contribution in [0.3, 0.4) is 0 Å². The standard InChI is InChI=1S/C2H6Ge.Ti/c1-3-2;/h1-2H3;/q;+2. The summed E-state index contributed by atoms with van der Waals surface area (Å²) in [5.41, 5.74) is 0. The summed E-state index contributed by atoms with van der Waals surface area (Å²) in [6.45, 7) is 0. The molecule has 0 aromatic heterocycles. The molecule has 4 heavy (non-hydrogen) atoms. The van der Waals surface area contributed by atoms with Gasteiger partial charge in [-0.3, -0.25) is 0 Å². The molecule has 0 unspecified atom stereocenters. The molecule has 2 heteroatoms. The van der Waals surface area contributed by atoms with Crippen molar-refractivity contribution >= 4 is 11.0 Å². The molecule has 0 aliphatic heterocycles. The van der Waals surface area contributed by atoms with Crippen molar-refractivity contribution in [3.05, 3.63) is 0 Å². The SMILES string of the molecule is [CH3][Ge]([CH3])=[Ti+2]. The van der Waals surface area contributed by atoms with Gasteiger partial charge in [0.25, 0.3) is 0 Å². The average molecular weight is 151 g/mol. The van der Waals surface area contributed by atoms with Crippen LogP contribution >= 0.6 is 0 Å². The second-order valence-electron chi connectivity index (χ2n) is 1.00. The van der Waals surface area contributed by atoms with Crippen molar-refractivity contribution in [2.75, 3.05) is 0 Å². The average Bonchev–Trinajstić information content (AvgIpc) is 0.811. The van der Waals surface area contributed by atoms with Crippen LogP contribution in [0.4, 0.5) is 0 Å². The summed E-state index contributed by atoms with van der Waals surface area (Å²) in [5.74, 6) is 4.67. The quantitative estimate of drug-likeness (QED) is 0.448. The Kier molecular flexibility index (Phi) is 3.28. The molecule has 0 N–H and O–H groups in total. The van der Waals surface area contributed by atoms with E-state index in [0.29, 0.717) is 0 Å². The van der Waals surface area contributed by atoms with Gasteiger partial charge in [0.05, 0.1) is 0 Å². The van der Waals surface area contributed by atoms with Gasteiger partial charge in [0.2, 0.25) is 0 Å². The first-order valence-corrected chi connectivity index (χ1v) is 10.6.